The summed E-state index contributed by atoms with van der Waals surface area (Å²) in [5, 5.41) is 3.19. The van der Waals surface area contributed by atoms with E-state index in [1.54, 1.807) is 6.20 Å². The minimum absolute atomic E-state index is 0.0921. The molecule has 0 saturated carbocycles. The zero-order valence-corrected chi connectivity index (χ0v) is 20.0. The second kappa shape index (κ2) is 9.81. The molecule has 1 N–H and O–H groups in total. The third-order valence-electron chi connectivity index (χ3n) is 6.53. The first-order valence-corrected chi connectivity index (χ1v) is 11.9. The topological polar surface area (TPSA) is 68.8 Å². The van der Waals surface area contributed by atoms with Crippen molar-refractivity contribution in [2.75, 3.05) is 49.1 Å². The zero-order chi connectivity index (χ0) is 23.4. The molecule has 1 aromatic heterocycles. The molecule has 7 nitrogen and oxygen atoms in total. The summed E-state index contributed by atoms with van der Waals surface area (Å²) in [4.78, 5) is 36.7. The third-order valence-corrected chi connectivity index (χ3v) is 6.53. The van der Waals surface area contributed by atoms with Crippen LogP contribution in [0.25, 0.3) is 0 Å². The van der Waals surface area contributed by atoms with Gasteiger partial charge in [0.15, 0.2) is 0 Å². The normalized spacial score (nSPS) is 17.7. The van der Waals surface area contributed by atoms with Crippen molar-refractivity contribution in [3.05, 3.63) is 54.2 Å². The fourth-order valence-electron chi connectivity index (χ4n) is 4.45. The summed E-state index contributed by atoms with van der Waals surface area (Å²) >= 11 is 0. The highest BCUT2D eigenvalue weighted by Gasteiger charge is 2.29. The van der Waals surface area contributed by atoms with Crippen LogP contribution in [0.5, 0.6) is 0 Å². The van der Waals surface area contributed by atoms with Gasteiger partial charge in [0.2, 0.25) is 5.91 Å². The number of hydrogen-bond donors (Lipinski definition) is 1. The van der Waals surface area contributed by atoms with E-state index in [2.05, 4.69) is 20.1 Å². The maximum atomic E-state index is 13.4. The van der Waals surface area contributed by atoms with E-state index in [0.29, 0.717) is 13.1 Å². The second-order valence-electron chi connectivity index (χ2n) is 9.97. The number of anilines is 2. The molecule has 176 valence electrons. The number of nitrogens with zero attached hydrogens (tertiary/aromatic N) is 4. The summed E-state index contributed by atoms with van der Waals surface area (Å²) in [6.07, 6.45) is 3.57. The van der Waals surface area contributed by atoms with E-state index >= 15 is 0 Å². The number of carbonyl (C=O) groups excluding carboxylic acids is 2. The molecule has 3 heterocycles. The lowest BCUT2D eigenvalue weighted by molar-refractivity contribution is -0.129. The number of piperazine rings is 1. The van der Waals surface area contributed by atoms with Crippen LogP contribution in [0, 0.1) is 5.41 Å². The Balaban J connectivity index is 1.37. The highest BCUT2D eigenvalue weighted by molar-refractivity contribution is 6.00. The molecule has 0 radical (unpaired) electrons. The highest BCUT2D eigenvalue weighted by Crippen LogP contribution is 2.27. The number of rotatable bonds is 4. The molecule has 0 unspecified atom stereocenters. The van der Waals surface area contributed by atoms with Gasteiger partial charge in [-0.1, -0.05) is 39.0 Å². The first kappa shape index (κ1) is 23.1. The van der Waals surface area contributed by atoms with Gasteiger partial charge < -0.3 is 20.0 Å². The zero-order valence-electron chi connectivity index (χ0n) is 20.0. The van der Waals surface area contributed by atoms with Crippen LogP contribution in [0.1, 0.15) is 44.0 Å². The smallest absolute Gasteiger partial charge is 0.256 e. The molecule has 2 amide bonds. The van der Waals surface area contributed by atoms with Crippen molar-refractivity contribution < 1.29 is 9.59 Å². The van der Waals surface area contributed by atoms with Crippen molar-refractivity contribution in [2.24, 2.45) is 5.41 Å². The van der Waals surface area contributed by atoms with Gasteiger partial charge in [0.25, 0.3) is 5.91 Å². The molecule has 1 aromatic carbocycles. The predicted octanol–water partition coefficient (Wildman–Crippen LogP) is 3.18. The lowest BCUT2D eigenvalue weighted by Crippen LogP contribution is -2.50. The molecule has 2 aliphatic rings. The van der Waals surface area contributed by atoms with Crippen LogP contribution in [0.4, 0.5) is 11.5 Å². The quantitative estimate of drug-likeness (QED) is 0.777. The van der Waals surface area contributed by atoms with Crippen molar-refractivity contribution >= 4 is 23.3 Å². The van der Waals surface area contributed by atoms with E-state index in [1.165, 1.54) is 0 Å². The lowest BCUT2D eigenvalue weighted by Gasteiger charge is -2.38. The Morgan fingerprint density at radius 2 is 1.55 bits per heavy atom. The van der Waals surface area contributed by atoms with Gasteiger partial charge in [0.05, 0.1) is 5.56 Å². The van der Waals surface area contributed by atoms with E-state index in [-0.39, 0.29) is 23.3 Å². The van der Waals surface area contributed by atoms with Gasteiger partial charge in [0.1, 0.15) is 5.82 Å². The van der Waals surface area contributed by atoms with Gasteiger partial charge in [-0.3, -0.25) is 9.59 Å². The molecule has 0 bridgehead atoms. The molecular weight excluding hydrogens is 414 g/mol. The Labute approximate surface area is 196 Å². The molecule has 0 atom stereocenters. The largest absolute Gasteiger partial charge is 0.371 e. The summed E-state index contributed by atoms with van der Waals surface area (Å²) in [5.41, 5.74) is 1.38. The van der Waals surface area contributed by atoms with Gasteiger partial charge in [0, 0.05) is 62.6 Å². The number of pyridine rings is 1. The average molecular weight is 450 g/mol. The fourth-order valence-corrected chi connectivity index (χ4v) is 4.45. The second-order valence-corrected chi connectivity index (χ2v) is 9.97. The Bertz CT molecular complexity index is 956. The SMILES string of the molecule is CC(C)(C)C(=O)NC1CCN(c2ccccc2C(=O)N2CCN(c3ccccn3)CC2)CC1. The van der Waals surface area contributed by atoms with E-state index < -0.39 is 0 Å². The van der Waals surface area contributed by atoms with E-state index in [1.807, 2.05) is 68.1 Å². The standard InChI is InChI=1S/C26H35N5O2/c1-26(2,3)25(33)28-20-11-14-29(15-12-20)22-9-5-4-8-21(22)24(32)31-18-16-30(17-19-31)23-10-6-7-13-27-23/h4-10,13,20H,11-12,14-19H2,1-3H3,(H,28,33). The van der Waals surface area contributed by atoms with Crippen LogP contribution in [-0.4, -0.2) is 67.0 Å². The van der Waals surface area contributed by atoms with Crippen LogP contribution >= 0.6 is 0 Å². The molecule has 2 aliphatic heterocycles. The van der Waals surface area contributed by atoms with Gasteiger partial charge >= 0.3 is 0 Å². The molecule has 7 heteroatoms. The Kier molecular flexibility index (Phi) is 6.86. The molecular formula is C26H35N5O2. The van der Waals surface area contributed by atoms with Gasteiger partial charge in [-0.05, 0) is 37.1 Å². The Morgan fingerprint density at radius 1 is 0.879 bits per heavy atom. The number of amides is 2. The van der Waals surface area contributed by atoms with Crippen molar-refractivity contribution in [3.8, 4) is 0 Å². The molecule has 2 saturated heterocycles. The van der Waals surface area contributed by atoms with E-state index in [9.17, 15) is 9.59 Å². The molecule has 0 aliphatic carbocycles. The summed E-state index contributed by atoms with van der Waals surface area (Å²) in [7, 11) is 0. The number of hydrogen-bond acceptors (Lipinski definition) is 5. The molecule has 4 rings (SSSR count). The molecule has 0 spiro atoms. The number of benzene rings is 1. The average Bonchev–Trinajstić information content (AvgIpc) is 2.84. The van der Waals surface area contributed by atoms with Crippen LogP contribution < -0.4 is 15.1 Å². The Hall–Kier alpha value is -3.09. The summed E-state index contributed by atoms with van der Waals surface area (Å²) in [6, 6.07) is 14.0. The highest BCUT2D eigenvalue weighted by atomic mass is 16.2. The third kappa shape index (κ3) is 5.46. The maximum absolute atomic E-state index is 13.4. The number of nitrogens with one attached hydrogen (secondary N) is 1. The summed E-state index contributed by atoms with van der Waals surface area (Å²) in [5.74, 6) is 1.15. The van der Waals surface area contributed by atoms with Crippen LogP contribution in [-0.2, 0) is 4.79 Å². The van der Waals surface area contributed by atoms with Crippen LogP contribution in [0.2, 0.25) is 0 Å². The maximum Gasteiger partial charge on any atom is 0.256 e. The summed E-state index contributed by atoms with van der Waals surface area (Å²) in [6.45, 7) is 10.4. The Morgan fingerprint density at radius 3 is 2.18 bits per heavy atom. The van der Waals surface area contributed by atoms with Crippen molar-refractivity contribution in [1.29, 1.82) is 0 Å². The van der Waals surface area contributed by atoms with Crippen LogP contribution in [0.3, 0.4) is 0 Å². The van der Waals surface area contributed by atoms with Crippen LogP contribution in [0.15, 0.2) is 48.7 Å². The van der Waals surface area contributed by atoms with Gasteiger partial charge in [-0.25, -0.2) is 4.98 Å². The van der Waals surface area contributed by atoms with Gasteiger partial charge in [-0.2, -0.15) is 0 Å². The van der Waals surface area contributed by atoms with E-state index in [4.69, 9.17) is 0 Å². The minimum Gasteiger partial charge on any atom is -0.371 e. The molecule has 2 aromatic rings. The first-order valence-electron chi connectivity index (χ1n) is 11.9. The number of carbonyl (C=O) groups is 2. The lowest BCUT2D eigenvalue weighted by atomic mass is 9.94. The number of piperidine rings is 1. The molecule has 33 heavy (non-hydrogen) atoms. The monoisotopic (exact) mass is 449 g/mol. The van der Waals surface area contributed by atoms with Gasteiger partial charge in [-0.15, -0.1) is 0 Å². The number of para-hydroxylation sites is 1. The minimum atomic E-state index is -0.378. The van der Waals surface area contributed by atoms with Crippen molar-refractivity contribution in [3.63, 3.8) is 0 Å². The predicted molar refractivity (Wildman–Crippen MR) is 132 cm³/mol. The summed E-state index contributed by atoms with van der Waals surface area (Å²) < 4.78 is 0. The van der Waals surface area contributed by atoms with E-state index in [0.717, 1.165) is 56.1 Å². The molecule has 2 fully saturated rings. The first-order chi connectivity index (χ1) is 15.8. The van der Waals surface area contributed by atoms with Crippen molar-refractivity contribution in [2.45, 2.75) is 39.7 Å². The number of aromatic nitrogens is 1. The fraction of sp³-hybridized carbons (Fsp3) is 0.500. The van der Waals surface area contributed by atoms with Crippen molar-refractivity contribution in [1.82, 2.24) is 15.2 Å².